The van der Waals surface area contributed by atoms with Gasteiger partial charge >= 0.3 is 6.03 Å². The van der Waals surface area contributed by atoms with E-state index in [1.54, 1.807) is 28.8 Å². The van der Waals surface area contributed by atoms with E-state index < -0.39 is 0 Å². The minimum absolute atomic E-state index is 0.161. The van der Waals surface area contributed by atoms with Crippen LogP contribution in [0.3, 0.4) is 0 Å². The number of likely N-dealkylation sites (N-methyl/N-ethyl adjacent to an activating group) is 1. The van der Waals surface area contributed by atoms with E-state index in [2.05, 4.69) is 20.4 Å². The van der Waals surface area contributed by atoms with E-state index in [1.165, 1.54) is 0 Å². The molecule has 0 saturated heterocycles. The number of rotatable bonds is 11. The Bertz CT molecular complexity index is 1310. The summed E-state index contributed by atoms with van der Waals surface area (Å²) in [5.41, 5.74) is 3.23. The zero-order chi connectivity index (χ0) is 26.9. The van der Waals surface area contributed by atoms with Crippen LogP contribution in [0, 0.1) is 0 Å². The highest BCUT2D eigenvalue weighted by Crippen LogP contribution is 2.39. The van der Waals surface area contributed by atoms with E-state index in [1.807, 2.05) is 87.7 Å². The summed E-state index contributed by atoms with van der Waals surface area (Å²) in [6, 6.07) is 24.3. The molecule has 3 aromatic carbocycles. The van der Waals surface area contributed by atoms with Crippen molar-refractivity contribution in [3.8, 4) is 17.2 Å². The number of phenols is 1. The van der Waals surface area contributed by atoms with Crippen molar-refractivity contribution < 1.29 is 14.3 Å². The summed E-state index contributed by atoms with van der Waals surface area (Å²) in [6.45, 7) is 3.93. The molecule has 1 unspecified atom stereocenters. The van der Waals surface area contributed by atoms with E-state index in [9.17, 15) is 9.90 Å². The van der Waals surface area contributed by atoms with Crippen LogP contribution in [0.2, 0.25) is 0 Å². The smallest absolute Gasteiger partial charge is 0.322 e. The predicted molar refractivity (Wildman–Crippen MR) is 152 cm³/mol. The zero-order valence-corrected chi connectivity index (χ0v) is 22.7. The lowest BCUT2D eigenvalue weighted by Gasteiger charge is -2.25. The molecule has 2 amide bonds. The first-order valence-electron chi connectivity index (χ1n) is 12.5. The summed E-state index contributed by atoms with van der Waals surface area (Å²) < 4.78 is 6.02. The molecule has 8 nitrogen and oxygen atoms in total. The van der Waals surface area contributed by atoms with Crippen LogP contribution in [0.4, 0.5) is 10.5 Å². The molecule has 0 aliphatic rings. The van der Waals surface area contributed by atoms with E-state index in [4.69, 9.17) is 4.42 Å². The average molecular weight is 532 g/mol. The molecule has 9 heteroatoms. The minimum Gasteiger partial charge on any atom is -0.508 e. The molecule has 0 spiro atoms. The quantitative estimate of drug-likeness (QED) is 0.250. The van der Waals surface area contributed by atoms with Crippen LogP contribution in [0.15, 0.2) is 83.3 Å². The van der Waals surface area contributed by atoms with Crippen molar-refractivity contribution in [2.24, 2.45) is 0 Å². The lowest BCUT2D eigenvalue weighted by atomic mass is 10.1. The maximum absolute atomic E-state index is 13.1. The maximum Gasteiger partial charge on any atom is 0.322 e. The molecule has 1 atom stereocenters. The number of carbonyl (C=O) groups excluding carboxylic acids is 1. The number of aromatic nitrogens is 2. The molecule has 0 aliphatic carbocycles. The second-order valence-corrected chi connectivity index (χ2v) is 10.4. The Morgan fingerprint density at radius 2 is 1.68 bits per heavy atom. The fourth-order valence-electron chi connectivity index (χ4n) is 3.90. The molecule has 0 radical (unpaired) electrons. The number of thioether (sulfide) groups is 1. The molecule has 4 rings (SSSR count). The van der Waals surface area contributed by atoms with Gasteiger partial charge in [-0.25, -0.2) is 4.79 Å². The predicted octanol–water partition coefficient (Wildman–Crippen LogP) is 5.88. The molecule has 2 N–H and O–H groups in total. The molecular weight excluding hydrogens is 498 g/mol. The molecule has 198 valence electrons. The molecular formula is C29H33N5O3S. The third-order valence-electron chi connectivity index (χ3n) is 5.92. The largest absolute Gasteiger partial charge is 0.508 e. The Kier molecular flexibility index (Phi) is 9.40. The Balaban J connectivity index is 1.46. The Morgan fingerprint density at radius 3 is 2.37 bits per heavy atom. The number of benzene rings is 3. The molecule has 38 heavy (non-hydrogen) atoms. The van der Waals surface area contributed by atoms with Crippen LogP contribution in [0.25, 0.3) is 11.5 Å². The molecule has 0 fully saturated rings. The summed E-state index contributed by atoms with van der Waals surface area (Å²) in [4.78, 5) is 17.0. The topological polar surface area (TPSA) is 94.7 Å². The van der Waals surface area contributed by atoms with Crippen molar-refractivity contribution in [2.75, 3.05) is 38.3 Å². The fraction of sp³-hybridized carbons (Fsp3) is 0.276. The number of hydrogen-bond donors (Lipinski definition) is 2. The third-order valence-corrected chi connectivity index (χ3v) is 7.04. The van der Waals surface area contributed by atoms with Crippen LogP contribution < -0.4 is 5.32 Å². The highest BCUT2D eigenvalue weighted by Gasteiger charge is 2.24. The molecule has 1 heterocycles. The molecule has 4 aromatic rings. The third kappa shape index (κ3) is 7.14. The van der Waals surface area contributed by atoms with Crippen LogP contribution in [-0.2, 0) is 6.54 Å². The van der Waals surface area contributed by atoms with E-state index in [-0.39, 0.29) is 17.0 Å². The number of urea groups is 1. The summed E-state index contributed by atoms with van der Waals surface area (Å²) in [7, 11) is 3.98. The van der Waals surface area contributed by atoms with Gasteiger partial charge in [0.2, 0.25) is 11.8 Å². The number of phenolic OH excluding ortho intramolecular Hbond substituents is 1. The number of carbonyl (C=O) groups is 1. The van der Waals surface area contributed by atoms with Gasteiger partial charge in [-0.1, -0.05) is 55.5 Å². The maximum atomic E-state index is 13.1. The summed E-state index contributed by atoms with van der Waals surface area (Å²) >= 11 is 1.61. The van der Waals surface area contributed by atoms with E-state index in [0.29, 0.717) is 30.6 Å². The molecule has 0 bridgehead atoms. The number of amides is 2. The fourth-order valence-corrected chi connectivity index (χ4v) is 4.85. The van der Waals surface area contributed by atoms with Crippen LogP contribution in [-0.4, -0.2) is 64.1 Å². The monoisotopic (exact) mass is 531 g/mol. The van der Waals surface area contributed by atoms with Crippen LogP contribution in [0.1, 0.15) is 29.2 Å². The van der Waals surface area contributed by atoms with Crippen LogP contribution in [0.5, 0.6) is 5.75 Å². The van der Waals surface area contributed by atoms with Crippen molar-refractivity contribution in [3.63, 3.8) is 0 Å². The number of para-hydroxylation sites is 1. The number of nitrogens with one attached hydrogen (secondary N) is 1. The Labute approximate surface area is 227 Å². The van der Waals surface area contributed by atoms with Crippen LogP contribution >= 0.6 is 11.8 Å². The number of aromatic hydroxyl groups is 1. The van der Waals surface area contributed by atoms with Gasteiger partial charge in [0.25, 0.3) is 0 Å². The summed E-state index contributed by atoms with van der Waals surface area (Å²) in [5.74, 6) is 1.83. The van der Waals surface area contributed by atoms with Crippen molar-refractivity contribution in [2.45, 2.75) is 18.7 Å². The van der Waals surface area contributed by atoms with Gasteiger partial charge in [0.15, 0.2) is 0 Å². The summed E-state index contributed by atoms with van der Waals surface area (Å²) in [5, 5.41) is 21.6. The normalized spacial score (nSPS) is 11.9. The highest BCUT2D eigenvalue weighted by atomic mass is 32.2. The van der Waals surface area contributed by atoms with Crippen molar-refractivity contribution >= 4 is 23.5 Å². The van der Waals surface area contributed by atoms with Gasteiger partial charge in [0.1, 0.15) is 11.0 Å². The van der Waals surface area contributed by atoms with Gasteiger partial charge in [-0.2, -0.15) is 0 Å². The van der Waals surface area contributed by atoms with Gasteiger partial charge < -0.3 is 24.6 Å². The first-order valence-corrected chi connectivity index (χ1v) is 13.6. The zero-order valence-electron chi connectivity index (χ0n) is 21.9. The van der Waals surface area contributed by atoms with Crippen molar-refractivity contribution in [1.82, 2.24) is 20.0 Å². The van der Waals surface area contributed by atoms with Crippen molar-refractivity contribution in [1.29, 1.82) is 0 Å². The lowest BCUT2D eigenvalue weighted by molar-refractivity contribution is 0.202. The number of hydrogen-bond acceptors (Lipinski definition) is 7. The number of nitrogens with zero attached hydrogens (tertiary/aromatic N) is 4. The second-order valence-electron chi connectivity index (χ2n) is 9.06. The van der Waals surface area contributed by atoms with Gasteiger partial charge in [-0.05, 0) is 55.7 Å². The standard InChI is InChI=1S/C29H33N5O3S/c1-4-38-26(24-12-8-9-13-25(24)35)28-32-31-27(37-28)22-14-16-23(17-15-22)30-29(36)34(19-18-33(2)3)20-21-10-6-5-7-11-21/h5-17,26,35H,4,18-20H2,1-3H3,(H,30,36). The number of anilines is 1. The Hall–Kier alpha value is -3.82. The second kappa shape index (κ2) is 13.1. The van der Waals surface area contributed by atoms with E-state index >= 15 is 0 Å². The Morgan fingerprint density at radius 1 is 0.974 bits per heavy atom. The lowest BCUT2D eigenvalue weighted by Crippen LogP contribution is -2.39. The van der Waals surface area contributed by atoms with Gasteiger partial charge in [-0.15, -0.1) is 22.0 Å². The minimum atomic E-state index is -0.265. The van der Waals surface area contributed by atoms with Gasteiger partial charge in [-0.3, -0.25) is 0 Å². The van der Waals surface area contributed by atoms with Gasteiger partial charge in [0, 0.05) is 36.4 Å². The van der Waals surface area contributed by atoms with Crippen molar-refractivity contribution in [3.05, 3.63) is 95.9 Å². The molecule has 1 aromatic heterocycles. The average Bonchev–Trinajstić information content (AvgIpc) is 3.41. The molecule has 0 aliphatic heterocycles. The molecule has 0 saturated carbocycles. The van der Waals surface area contributed by atoms with Gasteiger partial charge in [0.05, 0.1) is 0 Å². The first kappa shape index (κ1) is 27.2. The first-order chi connectivity index (χ1) is 18.4. The van der Waals surface area contributed by atoms with E-state index in [0.717, 1.165) is 29.0 Å². The summed E-state index contributed by atoms with van der Waals surface area (Å²) in [6.07, 6.45) is 0. The highest BCUT2D eigenvalue weighted by molar-refractivity contribution is 7.99. The SMILES string of the molecule is CCSC(c1nnc(-c2ccc(NC(=O)N(CCN(C)C)Cc3ccccc3)cc2)o1)c1ccccc1O.